The maximum absolute atomic E-state index is 14.2. The molecule has 0 fully saturated rings. The molecule has 0 unspecified atom stereocenters. The van der Waals surface area contributed by atoms with E-state index >= 15 is 0 Å². The van der Waals surface area contributed by atoms with Crippen LogP contribution in [0.2, 0.25) is 0 Å². The lowest BCUT2D eigenvalue weighted by Crippen LogP contribution is -2.18. The van der Waals surface area contributed by atoms with Crippen molar-refractivity contribution in [1.82, 2.24) is 4.57 Å². The molecule has 1 N–H and O–H groups in total. The van der Waals surface area contributed by atoms with Gasteiger partial charge in [-0.25, -0.2) is 13.6 Å². The Kier molecular flexibility index (Phi) is 3.95. The van der Waals surface area contributed by atoms with E-state index in [1.54, 1.807) is 30.3 Å². The van der Waals surface area contributed by atoms with Crippen molar-refractivity contribution < 1.29 is 18.7 Å². The maximum atomic E-state index is 14.2. The predicted octanol–water partition coefficient (Wildman–Crippen LogP) is 3.48. The SMILES string of the molecule is O=C(O)c1cn(-c2ccc(F)cc2F)c(-c2ccccc2)cc1=O. The van der Waals surface area contributed by atoms with Gasteiger partial charge in [0.1, 0.15) is 17.2 Å². The van der Waals surface area contributed by atoms with Crippen molar-refractivity contribution in [2.24, 2.45) is 0 Å². The average Bonchev–Trinajstić information content (AvgIpc) is 2.55. The largest absolute Gasteiger partial charge is 0.477 e. The average molecular weight is 327 g/mol. The van der Waals surface area contributed by atoms with Gasteiger partial charge in [0.05, 0.1) is 11.4 Å². The van der Waals surface area contributed by atoms with E-state index in [1.807, 2.05) is 0 Å². The van der Waals surface area contributed by atoms with Gasteiger partial charge in [0.25, 0.3) is 0 Å². The Morgan fingerprint density at radius 1 is 1.00 bits per heavy atom. The fourth-order valence-electron chi connectivity index (χ4n) is 2.40. The quantitative estimate of drug-likeness (QED) is 0.801. The molecule has 0 atom stereocenters. The monoisotopic (exact) mass is 327 g/mol. The molecule has 2 aromatic carbocycles. The zero-order valence-corrected chi connectivity index (χ0v) is 12.2. The highest BCUT2D eigenvalue weighted by molar-refractivity contribution is 5.87. The van der Waals surface area contributed by atoms with Gasteiger partial charge in [-0.3, -0.25) is 4.79 Å². The third kappa shape index (κ3) is 2.81. The summed E-state index contributed by atoms with van der Waals surface area (Å²) in [5.74, 6) is -3.04. The second-order valence-corrected chi connectivity index (χ2v) is 5.07. The van der Waals surface area contributed by atoms with Gasteiger partial charge >= 0.3 is 5.97 Å². The fourth-order valence-corrected chi connectivity index (χ4v) is 2.40. The van der Waals surface area contributed by atoms with Gasteiger partial charge in [0.2, 0.25) is 0 Å². The highest BCUT2D eigenvalue weighted by atomic mass is 19.1. The molecule has 0 spiro atoms. The molecule has 24 heavy (non-hydrogen) atoms. The number of carboxylic acids is 1. The van der Waals surface area contributed by atoms with Crippen molar-refractivity contribution in [1.29, 1.82) is 0 Å². The Balaban J connectivity index is 2.35. The molecule has 4 nitrogen and oxygen atoms in total. The van der Waals surface area contributed by atoms with Gasteiger partial charge in [-0.2, -0.15) is 0 Å². The van der Waals surface area contributed by atoms with E-state index in [2.05, 4.69) is 0 Å². The molecule has 0 bridgehead atoms. The number of carbonyl (C=O) groups is 1. The first-order chi connectivity index (χ1) is 11.5. The summed E-state index contributed by atoms with van der Waals surface area (Å²) >= 11 is 0. The van der Waals surface area contributed by atoms with Crippen LogP contribution in [0.1, 0.15) is 10.4 Å². The van der Waals surface area contributed by atoms with E-state index in [4.69, 9.17) is 5.11 Å². The molecule has 0 saturated heterocycles. The molecule has 0 radical (unpaired) electrons. The lowest BCUT2D eigenvalue weighted by Gasteiger charge is -2.15. The van der Waals surface area contributed by atoms with E-state index in [9.17, 15) is 18.4 Å². The Labute approximate surface area is 135 Å². The van der Waals surface area contributed by atoms with E-state index in [-0.39, 0.29) is 5.69 Å². The van der Waals surface area contributed by atoms with Gasteiger partial charge < -0.3 is 9.67 Å². The second-order valence-electron chi connectivity index (χ2n) is 5.07. The summed E-state index contributed by atoms with van der Waals surface area (Å²) in [5, 5.41) is 9.14. The molecular weight excluding hydrogens is 316 g/mol. The Bertz CT molecular complexity index is 981. The molecule has 6 heteroatoms. The first-order valence-electron chi connectivity index (χ1n) is 6.98. The van der Waals surface area contributed by atoms with Crippen LogP contribution < -0.4 is 5.43 Å². The molecule has 1 heterocycles. The topological polar surface area (TPSA) is 59.3 Å². The zero-order valence-electron chi connectivity index (χ0n) is 12.2. The number of pyridine rings is 1. The molecule has 0 aliphatic heterocycles. The van der Waals surface area contributed by atoms with Crippen LogP contribution in [0.25, 0.3) is 16.9 Å². The molecular formula is C18H11F2NO3. The number of rotatable bonds is 3. The molecule has 0 saturated carbocycles. The zero-order chi connectivity index (χ0) is 17.3. The molecule has 3 aromatic rings. The van der Waals surface area contributed by atoms with E-state index in [0.717, 1.165) is 18.3 Å². The number of halogens is 2. The third-order valence-electron chi connectivity index (χ3n) is 3.52. The summed E-state index contributed by atoms with van der Waals surface area (Å²) in [6, 6.07) is 12.7. The Hall–Kier alpha value is -3.28. The lowest BCUT2D eigenvalue weighted by molar-refractivity contribution is 0.0695. The molecule has 120 valence electrons. The van der Waals surface area contributed by atoms with Crippen molar-refractivity contribution in [3.8, 4) is 16.9 Å². The van der Waals surface area contributed by atoms with Crippen LogP contribution in [0, 0.1) is 11.6 Å². The summed E-state index contributed by atoms with van der Waals surface area (Å²) in [6.07, 6.45) is 1.04. The summed E-state index contributed by atoms with van der Waals surface area (Å²) in [7, 11) is 0. The van der Waals surface area contributed by atoms with Gasteiger partial charge in [0, 0.05) is 18.3 Å². The van der Waals surface area contributed by atoms with Gasteiger partial charge in [-0.15, -0.1) is 0 Å². The standard InChI is InChI=1S/C18H11F2NO3/c19-12-6-7-15(14(20)8-12)21-10-13(18(23)24)17(22)9-16(21)11-4-2-1-3-5-11/h1-10H,(H,23,24). The smallest absolute Gasteiger partial charge is 0.341 e. The molecule has 3 rings (SSSR count). The number of aromatic nitrogens is 1. The summed E-state index contributed by atoms with van der Waals surface area (Å²) in [5.41, 5.74) is -0.359. The number of carboxylic acid groups (broad SMARTS) is 1. The summed E-state index contributed by atoms with van der Waals surface area (Å²) in [6.45, 7) is 0. The number of aromatic carboxylic acids is 1. The first-order valence-corrected chi connectivity index (χ1v) is 6.98. The third-order valence-corrected chi connectivity index (χ3v) is 3.52. The van der Waals surface area contributed by atoms with Crippen LogP contribution in [-0.2, 0) is 0 Å². The molecule has 1 aromatic heterocycles. The summed E-state index contributed by atoms with van der Waals surface area (Å²) in [4.78, 5) is 23.3. The van der Waals surface area contributed by atoms with E-state index in [0.29, 0.717) is 17.3 Å². The van der Waals surface area contributed by atoms with Crippen molar-refractivity contribution in [3.63, 3.8) is 0 Å². The predicted molar refractivity (Wildman–Crippen MR) is 84.4 cm³/mol. The number of benzene rings is 2. The van der Waals surface area contributed by atoms with Crippen molar-refractivity contribution in [3.05, 3.63) is 88.2 Å². The second kappa shape index (κ2) is 6.08. The highest BCUT2D eigenvalue weighted by Gasteiger charge is 2.16. The first kappa shape index (κ1) is 15.6. The van der Waals surface area contributed by atoms with Gasteiger partial charge in [-0.1, -0.05) is 30.3 Å². The van der Waals surface area contributed by atoms with Crippen molar-refractivity contribution in [2.45, 2.75) is 0 Å². The Morgan fingerprint density at radius 2 is 1.71 bits per heavy atom. The minimum atomic E-state index is -1.42. The molecule has 0 aliphatic rings. The van der Waals surface area contributed by atoms with Crippen LogP contribution >= 0.6 is 0 Å². The lowest BCUT2D eigenvalue weighted by atomic mass is 10.1. The van der Waals surface area contributed by atoms with E-state index < -0.39 is 28.6 Å². The van der Waals surface area contributed by atoms with Gasteiger partial charge in [-0.05, 0) is 17.7 Å². The Morgan fingerprint density at radius 3 is 2.33 bits per heavy atom. The maximum Gasteiger partial charge on any atom is 0.341 e. The van der Waals surface area contributed by atoms with Gasteiger partial charge in [0.15, 0.2) is 5.43 Å². The normalized spacial score (nSPS) is 10.6. The molecule has 0 amide bonds. The van der Waals surface area contributed by atoms with Crippen LogP contribution in [0.15, 0.2) is 65.6 Å². The number of hydrogen-bond donors (Lipinski definition) is 1. The minimum Gasteiger partial charge on any atom is -0.477 e. The molecule has 0 aliphatic carbocycles. The summed E-state index contributed by atoms with van der Waals surface area (Å²) < 4.78 is 28.6. The van der Waals surface area contributed by atoms with Crippen LogP contribution in [0.5, 0.6) is 0 Å². The minimum absolute atomic E-state index is 0.0576. The van der Waals surface area contributed by atoms with Crippen LogP contribution in [0.4, 0.5) is 8.78 Å². The fraction of sp³-hybridized carbons (Fsp3) is 0. The van der Waals surface area contributed by atoms with Crippen LogP contribution in [0.3, 0.4) is 0 Å². The van der Waals surface area contributed by atoms with Crippen molar-refractivity contribution in [2.75, 3.05) is 0 Å². The van der Waals surface area contributed by atoms with E-state index in [1.165, 1.54) is 10.6 Å². The number of hydrogen-bond acceptors (Lipinski definition) is 2. The highest BCUT2D eigenvalue weighted by Crippen LogP contribution is 2.24. The number of nitrogens with zero attached hydrogens (tertiary/aromatic N) is 1. The van der Waals surface area contributed by atoms with Crippen molar-refractivity contribution >= 4 is 5.97 Å². The van der Waals surface area contributed by atoms with Crippen LogP contribution in [-0.4, -0.2) is 15.6 Å².